The van der Waals surface area contributed by atoms with Crippen molar-refractivity contribution in [3.05, 3.63) is 47.5 Å². The predicted molar refractivity (Wildman–Crippen MR) is 108 cm³/mol. The number of fused-ring (bicyclic) bond motifs is 1. The molecular formula is C22H26N2O5. The summed E-state index contributed by atoms with van der Waals surface area (Å²) < 4.78 is 21.8. The third kappa shape index (κ3) is 4.24. The van der Waals surface area contributed by atoms with E-state index in [-0.39, 0.29) is 5.91 Å². The van der Waals surface area contributed by atoms with E-state index in [1.165, 1.54) is 5.56 Å². The molecule has 0 aliphatic carbocycles. The maximum Gasteiger partial charge on any atom is 0.254 e. The first-order valence-electron chi connectivity index (χ1n) is 9.80. The smallest absolute Gasteiger partial charge is 0.254 e. The first-order valence-corrected chi connectivity index (χ1v) is 9.80. The number of hydrogen-bond donors (Lipinski definition) is 0. The van der Waals surface area contributed by atoms with Gasteiger partial charge in [0.25, 0.3) is 5.91 Å². The fraction of sp³-hybridized carbons (Fsp3) is 0.409. The highest BCUT2D eigenvalue weighted by molar-refractivity contribution is 5.95. The molecule has 2 aromatic carbocycles. The van der Waals surface area contributed by atoms with Crippen LogP contribution in [0.4, 0.5) is 0 Å². The highest BCUT2D eigenvalue weighted by atomic mass is 16.6. The van der Waals surface area contributed by atoms with Crippen LogP contribution >= 0.6 is 0 Å². The predicted octanol–water partition coefficient (Wildman–Crippen LogP) is 2.43. The maximum absolute atomic E-state index is 12.9. The summed E-state index contributed by atoms with van der Waals surface area (Å²) >= 11 is 0. The highest BCUT2D eigenvalue weighted by Crippen LogP contribution is 2.31. The Hall–Kier alpha value is -2.93. The van der Waals surface area contributed by atoms with E-state index in [0.29, 0.717) is 43.4 Å². The number of methoxy groups -OCH3 is 2. The number of carbonyl (C=O) groups excluding carboxylic acids is 1. The summed E-state index contributed by atoms with van der Waals surface area (Å²) in [6.45, 7) is 5.06. The summed E-state index contributed by atoms with van der Waals surface area (Å²) in [5.74, 6) is 2.83. The number of hydrogen-bond acceptors (Lipinski definition) is 6. The SMILES string of the molecule is COc1ccc(C(=O)N2CCN(Cc3ccc4c(c3)OCCO4)CC2)cc1OC. The van der Waals surface area contributed by atoms with Gasteiger partial charge in [0.05, 0.1) is 14.2 Å². The summed E-state index contributed by atoms with van der Waals surface area (Å²) in [6, 6.07) is 11.4. The van der Waals surface area contributed by atoms with Crippen LogP contribution in [0.25, 0.3) is 0 Å². The molecule has 0 aromatic heterocycles. The molecule has 1 saturated heterocycles. The van der Waals surface area contributed by atoms with Crippen LogP contribution in [0, 0.1) is 0 Å². The van der Waals surface area contributed by atoms with Gasteiger partial charge < -0.3 is 23.8 Å². The van der Waals surface area contributed by atoms with Crippen LogP contribution in [0.15, 0.2) is 36.4 Å². The van der Waals surface area contributed by atoms with Crippen molar-refractivity contribution in [2.24, 2.45) is 0 Å². The Morgan fingerprint density at radius 1 is 0.897 bits per heavy atom. The number of carbonyl (C=O) groups is 1. The largest absolute Gasteiger partial charge is 0.493 e. The molecule has 0 spiro atoms. The van der Waals surface area contributed by atoms with Gasteiger partial charge in [-0.2, -0.15) is 0 Å². The van der Waals surface area contributed by atoms with Gasteiger partial charge in [-0.15, -0.1) is 0 Å². The fourth-order valence-corrected chi connectivity index (χ4v) is 3.71. The molecule has 29 heavy (non-hydrogen) atoms. The van der Waals surface area contributed by atoms with Gasteiger partial charge in [-0.05, 0) is 35.9 Å². The first kappa shape index (κ1) is 19.4. The van der Waals surface area contributed by atoms with E-state index in [1.807, 2.05) is 11.0 Å². The van der Waals surface area contributed by atoms with Crippen molar-refractivity contribution in [1.29, 1.82) is 0 Å². The molecule has 0 N–H and O–H groups in total. The zero-order valence-corrected chi connectivity index (χ0v) is 16.8. The van der Waals surface area contributed by atoms with Crippen LogP contribution in [-0.4, -0.2) is 69.3 Å². The average Bonchev–Trinajstić information content (AvgIpc) is 2.78. The number of ether oxygens (including phenoxy) is 4. The molecule has 0 saturated carbocycles. The van der Waals surface area contributed by atoms with E-state index in [4.69, 9.17) is 18.9 Å². The molecule has 2 aromatic rings. The normalized spacial score (nSPS) is 16.4. The number of amides is 1. The van der Waals surface area contributed by atoms with Gasteiger partial charge in [-0.3, -0.25) is 9.69 Å². The third-order valence-corrected chi connectivity index (χ3v) is 5.30. The lowest BCUT2D eigenvalue weighted by molar-refractivity contribution is 0.0628. The summed E-state index contributed by atoms with van der Waals surface area (Å²) in [4.78, 5) is 17.1. The average molecular weight is 398 g/mol. The monoisotopic (exact) mass is 398 g/mol. The Balaban J connectivity index is 1.35. The zero-order valence-electron chi connectivity index (χ0n) is 16.8. The molecule has 1 amide bonds. The van der Waals surface area contributed by atoms with Crippen molar-refractivity contribution < 1.29 is 23.7 Å². The topological polar surface area (TPSA) is 60.5 Å². The Morgan fingerprint density at radius 3 is 2.34 bits per heavy atom. The van der Waals surface area contributed by atoms with Gasteiger partial charge >= 0.3 is 0 Å². The minimum absolute atomic E-state index is 0.0185. The van der Waals surface area contributed by atoms with E-state index in [9.17, 15) is 4.79 Å². The summed E-state index contributed by atoms with van der Waals surface area (Å²) in [5.41, 5.74) is 1.80. The molecule has 0 bridgehead atoms. The van der Waals surface area contributed by atoms with Crippen molar-refractivity contribution in [2.45, 2.75) is 6.54 Å². The number of piperazine rings is 1. The Morgan fingerprint density at radius 2 is 1.62 bits per heavy atom. The van der Waals surface area contributed by atoms with Crippen molar-refractivity contribution in [3.63, 3.8) is 0 Å². The Labute approximate surface area is 170 Å². The highest BCUT2D eigenvalue weighted by Gasteiger charge is 2.23. The maximum atomic E-state index is 12.9. The van der Waals surface area contributed by atoms with E-state index in [0.717, 1.165) is 31.1 Å². The van der Waals surface area contributed by atoms with Crippen LogP contribution in [0.1, 0.15) is 15.9 Å². The first-order chi connectivity index (χ1) is 14.2. The molecule has 154 valence electrons. The van der Waals surface area contributed by atoms with Crippen molar-refractivity contribution >= 4 is 5.91 Å². The second-order valence-corrected chi connectivity index (χ2v) is 7.12. The summed E-state index contributed by atoms with van der Waals surface area (Å²) in [6.07, 6.45) is 0. The molecule has 4 rings (SSSR count). The molecule has 7 nitrogen and oxygen atoms in total. The van der Waals surface area contributed by atoms with Crippen molar-refractivity contribution in [3.8, 4) is 23.0 Å². The number of benzene rings is 2. The Kier molecular flexibility index (Phi) is 5.76. The van der Waals surface area contributed by atoms with Crippen LogP contribution in [0.2, 0.25) is 0 Å². The van der Waals surface area contributed by atoms with Gasteiger partial charge in [0.2, 0.25) is 0 Å². The van der Waals surface area contributed by atoms with Gasteiger partial charge in [0.1, 0.15) is 13.2 Å². The van der Waals surface area contributed by atoms with E-state index in [2.05, 4.69) is 17.0 Å². The minimum Gasteiger partial charge on any atom is -0.493 e. The molecule has 0 radical (unpaired) electrons. The minimum atomic E-state index is 0.0185. The number of rotatable bonds is 5. The zero-order chi connectivity index (χ0) is 20.2. The van der Waals surface area contributed by atoms with Crippen LogP contribution < -0.4 is 18.9 Å². The van der Waals surface area contributed by atoms with E-state index < -0.39 is 0 Å². The molecule has 2 aliphatic heterocycles. The number of nitrogens with zero attached hydrogens (tertiary/aromatic N) is 2. The molecule has 0 atom stereocenters. The van der Waals surface area contributed by atoms with Gasteiger partial charge in [-0.1, -0.05) is 6.07 Å². The lowest BCUT2D eigenvalue weighted by Crippen LogP contribution is -2.48. The lowest BCUT2D eigenvalue weighted by atomic mass is 10.1. The van der Waals surface area contributed by atoms with Crippen LogP contribution in [0.3, 0.4) is 0 Å². The standard InChI is InChI=1S/C22H26N2O5/c1-26-18-6-4-17(14-20(18)27-2)22(25)24-9-7-23(8-10-24)15-16-3-5-19-21(13-16)29-12-11-28-19/h3-6,13-14H,7-12,15H2,1-2H3. The van der Waals surface area contributed by atoms with Gasteiger partial charge in [0, 0.05) is 38.3 Å². The molecule has 0 unspecified atom stereocenters. The second kappa shape index (κ2) is 8.61. The molecular weight excluding hydrogens is 372 g/mol. The lowest BCUT2D eigenvalue weighted by Gasteiger charge is -2.35. The molecule has 2 aliphatic rings. The second-order valence-electron chi connectivity index (χ2n) is 7.12. The van der Waals surface area contributed by atoms with Gasteiger partial charge in [0.15, 0.2) is 23.0 Å². The Bertz CT molecular complexity index is 878. The van der Waals surface area contributed by atoms with Crippen LogP contribution in [-0.2, 0) is 6.54 Å². The van der Waals surface area contributed by atoms with Gasteiger partial charge in [-0.25, -0.2) is 0 Å². The quantitative estimate of drug-likeness (QED) is 0.771. The summed E-state index contributed by atoms with van der Waals surface area (Å²) in [5, 5.41) is 0. The van der Waals surface area contributed by atoms with Crippen molar-refractivity contribution in [2.75, 3.05) is 53.6 Å². The molecule has 2 heterocycles. The third-order valence-electron chi connectivity index (χ3n) is 5.30. The van der Waals surface area contributed by atoms with E-state index >= 15 is 0 Å². The van der Waals surface area contributed by atoms with E-state index in [1.54, 1.807) is 32.4 Å². The molecule has 7 heteroatoms. The van der Waals surface area contributed by atoms with Crippen LogP contribution in [0.5, 0.6) is 23.0 Å². The van der Waals surface area contributed by atoms with Crippen molar-refractivity contribution in [1.82, 2.24) is 9.80 Å². The molecule has 1 fully saturated rings. The summed E-state index contributed by atoms with van der Waals surface area (Å²) in [7, 11) is 3.16. The fourth-order valence-electron chi connectivity index (χ4n) is 3.71.